The first kappa shape index (κ1) is 15.4. The number of hydrogen-bond donors (Lipinski definition) is 3. The summed E-state index contributed by atoms with van der Waals surface area (Å²) in [5.41, 5.74) is -0.451. The van der Waals surface area contributed by atoms with Gasteiger partial charge in [0, 0.05) is 6.20 Å². The number of carboxylic acid groups (broad SMARTS) is 1. The van der Waals surface area contributed by atoms with Gasteiger partial charge in [-0.15, -0.1) is 5.11 Å². The second-order valence-electron chi connectivity index (χ2n) is 3.98. The zero-order chi connectivity index (χ0) is 16.2. The van der Waals surface area contributed by atoms with Crippen molar-refractivity contribution >= 4 is 27.7 Å². The van der Waals surface area contributed by atoms with Crippen LogP contribution < -0.4 is 4.72 Å². The summed E-state index contributed by atoms with van der Waals surface area (Å²) in [7, 11) is -4.14. The highest BCUT2D eigenvalue weighted by atomic mass is 32.2. The number of phenols is 1. The minimum atomic E-state index is -4.14. The fraction of sp³-hybridized carbons (Fsp3) is 0. The fourth-order valence-corrected chi connectivity index (χ4v) is 2.06. The smallest absolute Gasteiger partial charge is 0.361 e. The number of carboxylic acids is 1. The first-order chi connectivity index (χ1) is 10.4. The molecule has 3 N–H and O–H groups in total. The fourth-order valence-electron chi connectivity index (χ4n) is 1.43. The number of anilines is 1. The van der Waals surface area contributed by atoms with Gasteiger partial charge in [0.1, 0.15) is 17.1 Å². The Morgan fingerprint density at radius 3 is 2.64 bits per heavy atom. The van der Waals surface area contributed by atoms with Gasteiger partial charge in [-0.25, -0.2) is 14.5 Å². The van der Waals surface area contributed by atoms with Crippen LogP contribution in [0.15, 0.2) is 52.2 Å². The summed E-state index contributed by atoms with van der Waals surface area (Å²) in [5.74, 6) is -1.76. The predicted octanol–water partition coefficient (Wildman–Crippen LogP) is 1.93. The summed E-state index contributed by atoms with van der Waals surface area (Å²) in [6.07, 6.45) is 1.40. The van der Waals surface area contributed by atoms with Gasteiger partial charge in [-0.05, 0) is 34.9 Å². The lowest BCUT2D eigenvalue weighted by molar-refractivity contribution is 0.0693. The van der Waals surface area contributed by atoms with Crippen LogP contribution in [0.4, 0.5) is 11.5 Å². The lowest BCUT2D eigenvalue weighted by Gasteiger charge is -2.02. The zero-order valence-electron chi connectivity index (χ0n) is 10.9. The Bertz CT molecular complexity index is 821. The number of benzene rings is 1. The monoisotopic (exact) mass is 322 g/mol. The number of aromatic nitrogens is 1. The van der Waals surface area contributed by atoms with E-state index in [-0.39, 0.29) is 11.5 Å². The zero-order valence-corrected chi connectivity index (χ0v) is 11.7. The van der Waals surface area contributed by atoms with Crippen LogP contribution in [0, 0.1) is 0 Å². The topological polar surface area (TPSA) is 141 Å². The molecule has 22 heavy (non-hydrogen) atoms. The van der Waals surface area contributed by atoms with Crippen LogP contribution in [0.3, 0.4) is 0 Å². The molecular formula is C12H10N4O5S. The van der Waals surface area contributed by atoms with Gasteiger partial charge in [0.15, 0.2) is 0 Å². The van der Waals surface area contributed by atoms with Gasteiger partial charge < -0.3 is 10.2 Å². The van der Waals surface area contributed by atoms with Crippen LogP contribution in [0.1, 0.15) is 10.4 Å². The van der Waals surface area contributed by atoms with Gasteiger partial charge in [-0.3, -0.25) is 0 Å². The average Bonchev–Trinajstić information content (AvgIpc) is 2.47. The normalized spacial score (nSPS) is 11.5. The average molecular weight is 322 g/mol. The van der Waals surface area contributed by atoms with Crippen LogP contribution in [-0.4, -0.2) is 29.6 Å². The Kier molecular flexibility index (Phi) is 4.32. The molecule has 0 atom stereocenters. The molecular weight excluding hydrogens is 312 g/mol. The summed E-state index contributed by atoms with van der Waals surface area (Å²) in [6.45, 7) is 0. The largest absolute Gasteiger partial charge is 0.507 e. The molecule has 1 aromatic heterocycles. The Balaban J connectivity index is 2.21. The van der Waals surface area contributed by atoms with Crippen molar-refractivity contribution in [1.29, 1.82) is 0 Å². The first-order valence-electron chi connectivity index (χ1n) is 5.80. The van der Waals surface area contributed by atoms with E-state index in [0.29, 0.717) is 0 Å². The second-order valence-corrected chi connectivity index (χ2v) is 5.30. The maximum absolute atomic E-state index is 11.7. The van der Waals surface area contributed by atoms with E-state index in [4.69, 9.17) is 5.11 Å². The van der Waals surface area contributed by atoms with Gasteiger partial charge in [-0.1, -0.05) is 6.07 Å². The van der Waals surface area contributed by atoms with Crippen molar-refractivity contribution in [3.63, 3.8) is 0 Å². The Labute approximate surface area is 125 Å². The van der Waals surface area contributed by atoms with E-state index in [2.05, 4.69) is 19.3 Å². The highest BCUT2D eigenvalue weighted by Gasteiger charge is 2.12. The van der Waals surface area contributed by atoms with Crippen LogP contribution >= 0.6 is 0 Å². The van der Waals surface area contributed by atoms with E-state index in [1.165, 1.54) is 18.3 Å². The molecule has 1 heterocycles. The summed E-state index contributed by atoms with van der Waals surface area (Å²) in [4.78, 5) is 14.6. The van der Waals surface area contributed by atoms with Gasteiger partial charge in [0.2, 0.25) is 0 Å². The summed E-state index contributed by atoms with van der Waals surface area (Å²) >= 11 is 0. The van der Waals surface area contributed by atoms with Gasteiger partial charge in [0.25, 0.3) is 0 Å². The summed E-state index contributed by atoms with van der Waals surface area (Å²) in [6, 6.07) is 7.93. The SMILES string of the molecule is O=C(O)c1cc(N=NS(=O)(=O)Nc2ccccn2)ccc1O. The number of nitrogens with zero attached hydrogens (tertiary/aromatic N) is 3. The number of hydrogen-bond acceptors (Lipinski definition) is 6. The van der Waals surface area contributed by atoms with Crippen LogP contribution in [0.25, 0.3) is 0 Å². The Hall–Kier alpha value is -3.01. The quantitative estimate of drug-likeness (QED) is 0.718. The number of aromatic hydroxyl groups is 1. The number of carbonyl (C=O) groups is 1. The molecule has 1 aromatic carbocycles. The summed E-state index contributed by atoms with van der Waals surface area (Å²) in [5, 5.41) is 21.6. The minimum Gasteiger partial charge on any atom is -0.507 e. The van der Waals surface area contributed by atoms with E-state index >= 15 is 0 Å². The maximum Gasteiger partial charge on any atom is 0.361 e. The predicted molar refractivity (Wildman–Crippen MR) is 76.4 cm³/mol. The molecule has 9 nitrogen and oxygen atoms in total. The van der Waals surface area contributed by atoms with Gasteiger partial charge in [0.05, 0.1) is 5.69 Å². The molecule has 0 radical (unpaired) electrons. The van der Waals surface area contributed by atoms with Crippen molar-refractivity contribution in [2.24, 2.45) is 9.63 Å². The number of aromatic carboxylic acids is 1. The molecule has 10 heteroatoms. The molecule has 114 valence electrons. The standard InChI is InChI=1S/C12H10N4O5S/c17-10-5-4-8(7-9(10)12(18)19)14-16-22(20,21)15-11-3-1-2-6-13-11/h1-7,17H,(H,13,15)(H,18,19). The van der Waals surface area contributed by atoms with Gasteiger partial charge in [-0.2, -0.15) is 8.42 Å². The molecule has 0 saturated heterocycles. The molecule has 0 aliphatic carbocycles. The minimum absolute atomic E-state index is 0.0402. The van der Waals surface area contributed by atoms with Crippen molar-refractivity contribution in [2.45, 2.75) is 0 Å². The molecule has 0 bridgehead atoms. The lowest BCUT2D eigenvalue weighted by atomic mass is 10.2. The molecule has 0 saturated carbocycles. The van der Waals surface area contributed by atoms with Crippen molar-refractivity contribution < 1.29 is 23.4 Å². The first-order valence-corrected chi connectivity index (χ1v) is 7.24. The third-order valence-corrected chi connectivity index (χ3v) is 3.14. The second kappa shape index (κ2) is 6.18. The molecule has 2 rings (SSSR count). The molecule has 0 aliphatic rings. The molecule has 2 aromatic rings. The number of pyridine rings is 1. The highest BCUT2D eigenvalue weighted by Crippen LogP contribution is 2.24. The third-order valence-electron chi connectivity index (χ3n) is 2.37. The van der Waals surface area contributed by atoms with Crippen LogP contribution in [0.2, 0.25) is 0 Å². The van der Waals surface area contributed by atoms with Crippen molar-refractivity contribution in [3.05, 3.63) is 48.2 Å². The molecule has 0 unspecified atom stereocenters. The third kappa shape index (κ3) is 3.99. The van der Waals surface area contributed by atoms with Crippen molar-refractivity contribution in [1.82, 2.24) is 4.98 Å². The Morgan fingerprint density at radius 2 is 2.00 bits per heavy atom. The maximum atomic E-state index is 11.7. The molecule has 0 amide bonds. The van der Waals surface area contributed by atoms with E-state index in [1.54, 1.807) is 12.1 Å². The Morgan fingerprint density at radius 1 is 1.23 bits per heavy atom. The molecule has 0 fully saturated rings. The summed E-state index contributed by atoms with van der Waals surface area (Å²) < 4.78 is 28.6. The van der Waals surface area contributed by atoms with Crippen LogP contribution in [0.5, 0.6) is 5.75 Å². The van der Waals surface area contributed by atoms with Gasteiger partial charge >= 0.3 is 16.2 Å². The van der Waals surface area contributed by atoms with E-state index in [9.17, 15) is 18.3 Å². The van der Waals surface area contributed by atoms with Crippen molar-refractivity contribution in [3.8, 4) is 5.75 Å². The van der Waals surface area contributed by atoms with Crippen LogP contribution in [-0.2, 0) is 10.2 Å². The van der Waals surface area contributed by atoms with E-state index in [0.717, 1.165) is 12.1 Å². The molecule has 0 spiro atoms. The van der Waals surface area contributed by atoms with E-state index < -0.39 is 27.5 Å². The van der Waals surface area contributed by atoms with E-state index in [1.807, 2.05) is 0 Å². The highest BCUT2D eigenvalue weighted by molar-refractivity contribution is 7.91. The van der Waals surface area contributed by atoms with Crippen molar-refractivity contribution in [2.75, 3.05) is 4.72 Å². The molecule has 0 aliphatic heterocycles. The lowest BCUT2D eigenvalue weighted by Crippen LogP contribution is -2.09. The number of nitrogens with one attached hydrogen (secondary N) is 1. The number of rotatable bonds is 5.